The van der Waals surface area contributed by atoms with Crippen molar-refractivity contribution in [2.75, 3.05) is 13.7 Å². The first kappa shape index (κ1) is 14.6. The lowest BCUT2D eigenvalue weighted by Crippen LogP contribution is -2.18. The van der Waals surface area contributed by atoms with E-state index >= 15 is 0 Å². The van der Waals surface area contributed by atoms with Gasteiger partial charge < -0.3 is 10.1 Å². The van der Waals surface area contributed by atoms with Crippen molar-refractivity contribution >= 4 is 0 Å². The molecule has 2 heteroatoms. The topological polar surface area (TPSA) is 21.3 Å². The number of benzene rings is 2. The molecule has 0 amide bonds. The second kappa shape index (κ2) is 7.11. The van der Waals surface area contributed by atoms with Crippen LogP contribution in [0, 0.1) is 6.92 Å². The minimum atomic E-state index is 0.196. The van der Waals surface area contributed by atoms with Gasteiger partial charge in [0.1, 0.15) is 5.75 Å². The van der Waals surface area contributed by atoms with Crippen molar-refractivity contribution in [1.82, 2.24) is 5.32 Å². The predicted octanol–water partition coefficient (Wildman–Crippen LogP) is 4.09. The van der Waals surface area contributed by atoms with Crippen LogP contribution in [0.4, 0.5) is 0 Å². The van der Waals surface area contributed by atoms with Crippen LogP contribution in [0.25, 0.3) is 0 Å². The molecule has 2 nitrogen and oxygen atoms in total. The molecule has 0 aliphatic rings. The number of aryl methyl sites for hydroxylation is 1. The molecule has 1 unspecified atom stereocenters. The summed E-state index contributed by atoms with van der Waals surface area (Å²) in [6.07, 6.45) is 1.03. The van der Waals surface area contributed by atoms with E-state index in [4.69, 9.17) is 4.74 Å². The zero-order chi connectivity index (χ0) is 14.4. The van der Waals surface area contributed by atoms with E-state index in [1.807, 2.05) is 13.1 Å². The molecule has 0 saturated carbocycles. The van der Waals surface area contributed by atoms with E-state index in [0.29, 0.717) is 0 Å². The van der Waals surface area contributed by atoms with Gasteiger partial charge in [-0.3, -0.25) is 0 Å². The third-order valence-electron chi connectivity index (χ3n) is 3.45. The Morgan fingerprint density at radius 1 is 1.10 bits per heavy atom. The number of hydrogen-bond acceptors (Lipinski definition) is 2. The molecular weight excluding hydrogens is 246 g/mol. The third-order valence-corrected chi connectivity index (χ3v) is 3.45. The summed E-state index contributed by atoms with van der Waals surface area (Å²) in [4.78, 5) is 0. The van der Waals surface area contributed by atoms with Crippen LogP contribution in [-0.4, -0.2) is 13.7 Å². The molecule has 0 fully saturated rings. The molecule has 106 valence electrons. The molecule has 0 bridgehead atoms. The van der Waals surface area contributed by atoms with E-state index < -0.39 is 0 Å². The molecular formula is C18H23NO. The molecule has 1 atom stereocenters. The lowest BCUT2D eigenvalue weighted by atomic mass is 9.95. The summed E-state index contributed by atoms with van der Waals surface area (Å²) >= 11 is 0. The number of hydrogen-bond donors (Lipinski definition) is 1. The van der Waals surface area contributed by atoms with Crippen LogP contribution in [0.2, 0.25) is 0 Å². The molecule has 20 heavy (non-hydrogen) atoms. The molecule has 2 aromatic rings. The minimum absolute atomic E-state index is 0.196. The average molecular weight is 269 g/mol. The summed E-state index contributed by atoms with van der Waals surface area (Å²) < 4.78 is 5.73. The fourth-order valence-electron chi connectivity index (χ4n) is 2.42. The first-order chi connectivity index (χ1) is 9.76. The summed E-state index contributed by atoms with van der Waals surface area (Å²) in [6.45, 7) is 5.03. The van der Waals surface area contributed by atoms with Crippen LogP contribution in [0.15, 0.2) is 48.5 Å². The third kappa shape index (κ3) is 3.40. The Morgan fingerprint density at radius 2 is 1.90 bits per heavy atom. The van der Waals surface area contributed by atoms with E-state index in [2.05, 4.69) is 61.6 Å². The van der Waals surface area contributed by atoms with Crippen LogP contribution < -0.4 is 10.1 Å². The molecule has 0 aliphatic carbocycles. The van der Waals surface area contributed by atoms with Gasteiger partial charge in [0.25, 0.3) is 0 Å². The van der Waals surface area contributed by atoms with Crippen LogP contribution in [0.3, 0.4) is 0 Å². The van der Waals surface area contributed by atoms with Crippen molar-refractivity contribution in [2.24, 2.45) is 0 Å². The van der Waals surface area contributed by atoms with Gasteiger partial charge in [0.15, 0.2) is 0 Å². The van der Waals surface area contributed by atoms with Crippen LogP contribution in [0.1, 0.15) is 36.1 Å². The monoisotopic (exact) mass is 269 g/mol. The fourth-order valence-corrected chi connectivity index (χ4v) is 2.42. The van der Waals surface area contributed by atoms with Crippen LogP contribution in [-0.2, 0) is 0 Å². The van der Waals surface area contributed by atoms with Crippen molar-refractivity contribution in [3.8, 4) is 5.75 Å². The fraction of sp³-hybridized carbons (Fsp3) is 0.333. The molecule has 2 rings (SSSR count). The summed E-state index contributed by atoms with van der Waals surface area (Å²) in [6, 6.07) is 17.0. The minimum Gasteiger partial charge on any atom is -0.494 e. The molecule has 2 aromatic carbocycles. The lowest BCUT2D eigenvalue weighted by molar-refractivity contribution is 0.317. The summed E-state index contributed by atoms with van der Waals surface area (Å²) in [5, 5.41) is 3.40. The average Bonchev–Trinajstić information content (AvgIpc) is 2.48. The first-order valence-corrected chi connectivity index (χ1v) is 7.21. The summed E-state index contributed by atoms with van der Waals surface area (Å²) in [5.41, 5.74) is 3.84. The first-order valence-electron chi connectivity index (χ1n) is 7.21. The largest absolute Gasteiger partial charge is 0.494 e. The number of nitrogens with one attached hydrogen (secondary N) is 1. The Morgan fingerprint density at radius 3 is 2.60 bits per heavy atom. The van der Waals surface area contributed by atoms with E-state index in [9.17, 15) is 0 Å². The van der Waals surface area contributed by atoms with Gasteiger partial charge in [0, 0.05) is 0 Å². The van der Waals surface area contributed by atoms with Gasteiger partial charge in [-0.15, -0.1) is 0 Å². The van der Waals surface area contributed by atoms with E-state index in [-0.39, 0.29) is 6.04 Å². The zero-order valence-electron chi connectivity index (χ0n) is 12.5. The Bertz CT molecular complexity index is 551. The highest BCUT2D eigenvalue weighted by Gasteiger charge is 2.14. The highest BCUT2D eigenvalue weighted by molar-refractivity contribution is 5.39. The lowest BCUT2D eigenvalue weighted by Gasteiger charge is -2.20. The summed E-state index contributed by atoms with van der Waals surface area (Å²) in [7, 11) is 2.00. The molecule has 0 aliphatic heterocycles. The maximum atomic E-state index is 5.73. The molecule has 0 aromatic heterocycles. The molecule has 0 spiro atoms. The van der Waals surface area contributed by atoms with Crippen molar-refractivity contribution in [3.05, 3.63) is 65.2 Å². The van der Waals surface area contributed by atoms with Gasteiger partial charge in [-0.1, -0.05) is 43.3 Å². The van der Waals surface area contributed by atoms with Crippen LogP contribution >= 0.6 is 0 Å². The molecule has 0 radical (unpaired) electrons. The maximum Gasteiger partial charge on any atom is 0.119 e. The van der Waals surface area contributed by atoms with Gasteiger partial charge in [0.05, 0.1) is 12.6 Å². The zero-order valence-corrected chi connectivity index (χ0v) is 12.5. The van der Waals surface area contributed by atoms with E-state index in [1.165, 1.54) is 16.7 Å². The Kier molecular flexibility index (Phi) is 5.19. The van der Waals surface area contributed by atoms with Gasteiger partial charge in [-0.05, 0) is 49.2 Å². The smallest absolute Gasteiger partial charge is 0.119 e. The van der Waals surface area contributed by atoms with E-state index in [1.54, 1.807) is 0 Å². The quantitative estimate of drug-likeness (QED) is 0.852. The Hall–Kier alpha value is -1.80. The van der Waals surface area contributed by atoms with Crippen molar-refractivity contribution in [3.63, 3.8) is 0 Å². The normalized spacial score (nSPS) is 12.2. The predicted molar refractivity (Wildman–Crippen MR) is 84.3 cm³/mol. The number of ether oxygens (including phenoxy) is 1. The SMILES string of the molecule is CCCOc1cccc(C(NC)c2ccccc2C)c1. The highest BCUT2D eigenvalue weighted by Crippen LogP contribution is 2.27. The Balaban J connectivity index is 2.30. The Labute approximate surface area is 121 Å². The van der Waals surface area contributed by atoms with Gasteiger partial charge >= 0.3 is 0 Å². The molecule has 0 heterocycles. The summed E-state index contributed by atoms with van der Waals surface area (Å²) in [5.74, 6) is 0.943. The van der Waals surface area contributed by atoms with Crippen molar-refractivity contribution < 1.29 is 4.74 Å². The van der Waals surface area contributed by atoms with Crippen molar-refractivity contribution in [2.45, 2.75) is 26.3 Å². The highest BCUT2D eigenvalue weighted by atomic mass is 16.5. The van der Waals surface area contributed by atoms with Crippen molar-refractivity contribution in [1.29, 1.82) is 0 Å². The second-order valence-corrected chi connectivity index (χ2v) is 5.00. The van der Waals surface area contributed by atoms with Gasteiger partial charge in [-0.2, -0.15) is 0 Å². The van der Waals surface area contributed by atoms with Gasteiger partial charge in [0.2, 0.25) is 0 Å². The van der Waals surface area contributed by atoms with Gasteiger partial charge in [-0.25, -0.2) is 0 Å². The van der Waals surface area contributed by atoms with E-state index in [0.717, 1.165) is 18.8 Å². The molecule has 1 N–H and O–H groups in total. The maximum absolute atomic E-state index is 5.73. The number of rotatable bonds is 6. The van der Waals surface area contributed by atoms with Crippen LogP contribution in [0.5, 0.6) is 5.75 Å². The second-order valence-electron chi connectivity index (χ2n) is 5.00. The molecule has 0 saturated heterocycles. The standard InChI is InChI=1S/C18H23NO/c1-4-12-20-16-10-7-9-15(13-16)18(19-3)17-11-6-5-8-14(17)2/h5-11,13,18-19H,4,12H2,1-3H3.